The van der Waals surface area contributed by atoms with E-state index >= 15 is 0 Å². The Morgan fingerprint density at radius 2 is 1.60 bits per heavy atom. The van der Waals surface area contributed by atoms with Gasteiger partial charge in [-0.05, 0) is 45.6 Å². The van der Waals surface area contributed by atoms with Crippen molar-refractivity contribution in [2.24, 2.45) is 0 Å². The topological polar surface area (TPSA) is 67.6 Å². The van der Waals surface area contributed by atoms with Crippen LogP contribution in [0.1, 0.15) is 29.2 Å². The number of rotatable bonds is 6. The Labute approximate surface area is 184 Å². The van der Waals surface area contributed by atoms with E-state index in [4.69, 9.17) is 4.42 Å². The molecule has 1 amide bonds. The molecule has 0 radical (unpaired) electrons. The van der Waals surface area contributed by atoms with Gasteiger partial charge in [0.15, 0.2) is 14.5 Å². The first-order valence-electron chi connectivity index (χ1n) is 9.78. The largest absolute Gasteiger partial charge is 0.452 e. The number of halogens is 1. The summed E-state index contributed by atoms with van der Waals surface area (Å²) in [5.74, 6) is 0.0530. The van der Waals surface area contributed by atoms with Crippen LogP contribution in [0.2, 0.25) is 0 Å². The summed E-state index contributed by atoms with van der Waals surface area (Å²) in [6, 6.07) is 22.4. The van der Waals surface area contributed by atoms with Crippen molar-refractivity contribution in [1.82, 2.24) is 4.90 Å². The lowest BCUT2D eigenvalue weighted by Crippen LogP contribution is -2.43. The molecule has 156 valence electrons. The second kappa shape index (κ2) is 8.78. The fraction of sp³-hybridized carbons (Fsp3) is 0.261. The number of carbonyl (C=O) groups excluding carboxylic acids is 1. The zero-order chi connectivity index (χ0) is 21.1. The maximum Gasteiger partial charge on any atom is 0.235 e. The maximum atomic E-state index is 13.9. The number of benzene rings is 2. The van der Waals surface area contributed by atoms with E-state index in [-0.39, 0.29) is 30.0 Å². The molecule has 1 fully saturated rings. The van der Waals surface area contributed by atoms with Gasteiger partial charge in [-0.2, -0.15) is 0 Å². The van der Waals surface area contributed by atoms with Crippen molar-refractivity contribution in [1.29, 1.82) is 0 Å². The summed E-state index contributed by atoms with van der Waals surface area (Å²) in [6.07, 6.45) is 0.437. The lowest BCUT2D eigenvalue weighted by Gasteiger charge is -2.31. The summed E-state index contributed by atoms with van der Waals surface area (Å²) in [5.41, 5.74) is 1.75. The fourth-order valence-corrected chi connectivity index (χ4v) is 6.02. The molecule has 0 spiro atoms. The molecule has 0 bridgehead atoms. The average molecular weight is 488 g/mol. The second-order valence-electron chi connectivity index (χ2n) is 7.48. The molecule has 2 heterocycles. The van der Waals surface area contributed by atoms with Crippen molar-refractivity contribution in [3.8, 4) is 0 Å². The Kier molecular flexibility index (Phi) is 6.11. The zero-order valence-corrected chi connectivity index (χ0v) is 18.7. The van der Waals surface area contributed by atoms with Crippen molar-refractivity contribution < 1.29 is 17.6 Å². The van der Waals surface area contributed by atoms with Gasteiger partial charge in [0.2, 0.25) is 5.91 Å². The molecule has 4 rings (SSSR count). The van der Waals surface area contributed by atoms with Gasteiger partial charge in [-0.3, -0.25) is 4.79 Å². The predicted octanol–water partition coefficient (Wildman–Crippen LogP) is 4.39. The van der Waals surface area contributed by atoms with E-state index in [9.17, 15) is 13.2 Å². The Morgan fingerprint density at radius 3 is 2.07 bits per heavy atom. The summed E-state index contributed by atoms with van der Waals surface area (Å²) in [5, 5.41) is 0. The van der Waals surface area contributed by atoms with Crippen LogP contribution in [0.3, 0.4) is 0 Å². The van der Waals surface area contributed by atoms with E-state index in [1.807, 2.05) is 60.7 Å². The lowest BCUT2D eigenvalue weighted by atomic mass is 9.89. The molecule has 30 heavy (non-hydrogen) atoms. The Balaban J connectivity index is 1.74. The summed E-state index contributed by atoms with van der Waals surface area (Å²) >= 11 is 3.30. The molecule has 1 aromatic heterocycles. The molecular formula is C23H22BrNO4S. The van der Waals surface area contributed by atoms with Crippen molar-refractivity contribution in [2.75, 3.05) is 11.5 Å². The summed E-state index contributed by atoms with van der Waals surface area (Å²) in [7, 11) is -3.15. The zero-order valence-electron chi connectivity index (χ0n) is 16.3. The van der Waals surface area contributed by atoms with Crippen LogP contribution >= 0.6 is 15.9 Å². The van der Waals surface area contributed by atoms with Crippen LogP contribution in [-0.2, 0) is 21.2 Å². The molecular weight excluding hydrogens is 466 g/mol. The molecule has 5 nitrogen and oxygen atoms in total. The molecule has 7 heteroatoms. The van der Waals surface area contributed by atoms with E-state index in [0.29, 0.717) is 16.9 Å². The SMILES string of the molecule is O=C(C(c1ccccc1)c1ccccc1)N(Cc1ccc(Br)o1)[C@@H]1CCS(=O)(=O)C1. The first kappa shape index (κ1) is 20.9. The Bertz CT molecular complexity index is 1070. The highest BCUT2D eigenvalue weighted by molar-refractivity contribution is 9.10. The quantitative estimate of drug-likeness (QED) is 0.516. The van der Waals surface area contributed by atoms with Gasteiger partial charge in [-0.25, -0.2) is 8.42 Å². The number of carbonyl (C=O) groups is 1. The lowest BCUT2D eigenvalue weighted by molar-refractivity contribution is -0.134. The number of furan rings is 1. The summed E-state index contributed by atoms with van der Waals surface area (Å²) in [6.45, 7) is 0.223. The van der Waals surface area contributed by atoms with Crippen LogP contribution < -0.4 is 0 Å². The minimum absolute atomic E-state index is 0.0169. The number of amides is 1. The molecule has 1 atom stereocenters. The molecule has 0 unspecified atom stereocenters. The molecule has 1 saturated heterocycles. The standard InChI is InChI=1S/C23H22BrNO4S/c24-21-12-11-20(29-21)15-25(19-13-14-30(27,28)16-19)23(26)22(17-7-3-1-4-8-17)18-9-5-2-6-10-18/h1-12,19,22H,13-16H2/t19-/m1/s1. The van der Waals surface area contributed by atoms with E-state index in [0.717, 1.165) is 11.1 Å². The highest BCUT2D eigenvalue weighted by atomic mass is 79.9. The average Bonchev–Trinajstić information content (AvgIpc) is 3.32. The van der Waals surface area contributed by atoms with Crippen LogP contribution in [0, 0.1) is 0 Å². The van der Waals surface area contributed by atoms with Gasteiger partial charge < -0.3 is 9.32 Å². The van der Waals surface area contributed by atoms with Crippen LogP contribution in [0.4, 0.5) is 0 Å². The van der Waals surface area contributed by atoms with Gasteiger partial charge in [0.1, 0.15) is 5.76 Å². The number of sulfone groups is 1. The normalized spacial score (nSPS) is 17.9. The number of hydrogen-bond donors (Lipinski definition) is 0. The van der Waals surface area contributed by atoms with Gasteiger partial charge in [-0.15, -0.1) is 0 Å². The monoisotopic (exact) mass is 487 g/mol. The van der Waals surface area contributed by atoms with Crippen LogP contribution in [-0.4, -0.2) is 36.8 Å². The van der Waals surface area contributed by atoms with Crippen molar-refractivity contribution in [2.45, 2.75) is 24.9 Å². The minimum atomic E-state index is -3.15. The van der Waals surface area contributed by atoms with Crippen molar-refractivity contribution in [3.63, 3.8) is 0 Å². The van der Waals surface area contributed by atoms with Crippen LogP contribution in [0.15, 0.2) is 81.9 Å². The molecule has 0 aliphatic carbocycles. The van der Waals surface area contributed by atoms with E-state index in [2.05, 4.69) is 15.9 Å². The minimum Gasteiger partial charge on any atom is -0.452 e. The van der Waals surface area contributed by atoms with Gasteiger partial charge in [0.25, 0.3) is 0 Å². The van der Waals surface area contributed by atoms with Crippen LogP contribution in [0.5, 0.6) is 0 Å². The summed E-state index contributed by atoms with van der Waals surface area (Å²) in [4.78, 5) is 15.6. The third kappa shape index (κ3) is 4.68. The van der Waals surface area contributed by atoms with Crippen molar-refractivity contribution >= 4 is 31.7 Å². The van der Waals surface area contributed by atoms with Gasteiger partial charge in [-0.1, -0.05) is 60.7 Å². The van der Waals surface area contributed by atoms with Gasteiger partial charge in [0, 0.05) is 6.04 Å². The van der Waals surface area contributed by atoms with Crippen molar-refractivity contribution in [3.05, 3.63) is 94.4 Å². The first-order chi connectivity index (χ1) is 14.4. The number of nitrogens with zero attached hydrogens (tertiary/aromatic N) is 1. The van der Waals surface area contributed by atoms with Gasteiger partial charge in [0.05, 0.1) is 24.0 Å². The highest BCUT2D eigenvalue weighted by Gasteiger charge is 2.38. The molecule has 1 aliphatic rings. The molecule has 0 N–H and O–H groups in total. The third-order valence-corrected chi connectivity index (χ3v) is 7.58. The van der Waals surface area contributed by atoms with E-state index in [1.54, 1.807) is 17.0 Å². The molecule has 1 aliphatic heterocycles. The van der Waals surface area contributed by atoms with Crippen LogP contribution in [0.25, 0.3) is 0 Å². The maximum absolute atomic E-state index is 13.9. The Hall–Kier alpha value is -2.38. The number of hydrogen-bond acceptors (Lipinski definition) is 4. The molecule has 3 aromatic rings. The third-order valence-electron chi connectivity index (χ3n) is 5.40. The summed E-state index contributed by atoms with van der Waals surface area (Å²) < 4.78 is 30.5. The van der Waals surface area contributed by atoms with Gasteiger partial charge >= 0.3 is 0 Å². The predicted molar refractivity (Wildman–Crippen MR) is 119 cm³/mol. The fourth-order valence-electron chi connectivity index (χ4n) is 3.95. The first-order valence-corrected chi connectivity index (χ1v) is 12.4. The highest BCUT2D eigenvalue weighted by Crippen LogP contribution is 2.31. The van der Waals surface area contributed by atoms with E-state index in [1.165, 1.54) is 0 Å². The molecule has 0 saturated carbocycles. The smallest absolute Gasteiger partial charge is 0.235 e. The molecule has 2 aromatic carbocycles. The van der Waals surface area contributed by atoms with E-state index < -0.39 is 15.8 Å². The Morgan fingerprint density at radius 1 is 1.00 bits per heavy atom. The second-order valence-corrected chi connectivity index (χ2v) is 10.5.